The van der Waals surface area contributed by atoms with Crippen molar-refractivity contribution in [1.29, 1.82) is 5.26 Å². The van der Waals surface area contributed by atoms with E-state index in [4.69, 9.17) is 5.10 Å². The Bertz CT molecular complexity index is 980. The van der Waals surface area contributed by atoms with Gasteiger partial charge in [-0.25, -0.2) is 9.97 Å². The van der Waals surface area contributed by atoms with E-state index in [1.165, 1.54) is 25.4 Å². The van der Waals surface area contributed by atoms with Crippen LogP contribution in [0.4, 0.5) is 10.3 Å². The molecule has 0 spiro atoms. The van der Waals surface area contributed by atoms with E-state index in [1.54, 1.807) is 6.08 Å². The lowest BCUT2D eigenvalue weighted by Gasteiger charge is -2.21. The Balaban J connectivity index is 1.76. The zero-order chi connectivity index (χ0) is 20.9. The Morgan fingerprint density at radius 1 is 1.40 bits per heavy atom. The molecule has 0 radical (unpaired) electrons. The van der Waals surface area contributed by atoms with Gasteiger partial charge >= 0.3 is 0 Å². The highest BCUT2D eigenvalue weighted by molar-refractivity contribution is 7.97. The van der Waals surface area contributed by atoms with Crippen molar-refractivity contribution in [2.75, 3.05) is 11.9 Å². The number of hydrogen-bond acceptors (Lipinski definition) is 8. The molecule has 0 saturated heterocycles. The smallest absolute Gasteiger partial charge is 0.157 e. The molecule has 8 nitrogen and oxygen atoms in total. The van der Waals surface area contributed by atoms with Crippen LogP contribution in [0.1, 0.15) is 50.1 Å². The first-order valence-corrected chi connectivity index (χ1v) is 10.8. The van der Waals surface area contributed by atoms with Gasteiger partial charge in [-0.1, -0.05) is 17.3 Å². The van der Waals surface area contributed by atoms with Crippen molar-refractivity contribution in [2.45, 2.75) is 49.6 Å². The molecule has 0 aromatic carbocycles. The number of aromatic nitrogens is 4. The SMILES string of the molecule is N#CCC(C1CCCC1)n1cc(-c2ncnc3c2C=CN(F)S3)c(NCCC=O)n1. The quantitative estimate of drug-likeness (QED) is 0.220. The average Bonchev–Trinajstić information content (AvgIpc) is 3.42. The third-order valence-corrected chi connectivity index (χ3v) is 6.30. The summed E-state index contributed by atoms with van der Waals surface area (Å²) in [4.78, 5) is 19.4. The van der Waals surface area contributed by atoms with Gasteiger partial charge in [0.1, 0.15) is 17.6 Å². The molecule has 1 unspecified atom stereocenters. The molecule has 1 N–H and O–H groups in total. The van der Waals surface area contributed by atoms with Gasteiger partial charge in [-0.15, -0.1) is 0 Å². The van der Waals surface area contributed by atoms with Crippen LogP contribution in [0, 0.1) is 17.2 Å². The third kappa shape index (κ3) is 4.16. The van der Waals surface area contributed by atoms with E-state index in [0.29, 0.717) is 51.9 Å². The van der Waals surface area contributed by atoms with E-state index < -0.39 is 0 Å². The van der Waals surface area contributed by atoms with Crippen LogP contribution in [0.5, 0.6) is 0 Å². The predicted molar refractivity (Wildman–Crippen MR) is 111 cm³/mol. The Hall–Kier alpha value is -2.93. The first-order valence-electron chi connectivity index (χ1n) is 10.0. The molecule has 1 aliphatic heterocycles. The van der Waals surface area contributed by atoms with E-state index in [-0.39, 0.29) is 6.04 Å². The molecule has 3 heterocycles. The van der Waals surface area contributed by atoms with Crippen LogP contribution in [0.15, 0.2) is 23.8 Å². The summed E-state index contributed by atoms with van der Waals surface area (Å²) in [5, 5.41) is 17.9. The second-order valence-corrected chi connectivity index (χ2v) is 8.27. The minimum Gasteiger partial charge on any atom is -0.368 e. The summed E-state index contributed by atoms with van der Waals surface area (Å²) in [6.45, 7) is 0.440. The summed E-state index contributed by atoms with van der Waals surface area (Å²) >= 11 is 0.881. The number of rotatable bonds is 8. The Labute approximate surface area is 178 Å². The number of fused-ring (bicyclic) bond motifs is 1. The minimum absolute atomic E-state index is 0.0122. The summed E-state index contributed by atoms with van der Waals surface area (Å²) < 4.78 is 16.0. The van der Waals surface area contributed by atoms with E-state index >= 15 is 0 Å². The van der Waals surface area contributed by atoms with Crippen molar-refractivity contribution in [2.24, 2.45) is 5.92 Å². The van der Waals surface area contributed by atoms with Gasteiger partial charge in [0.2, 0.25) is 0 Å². The monoisotopic (exact) mass is 427 g/mol. The zero-order valence-electron chi connectivity index (χ0n) is 16.4. The lowest BCUT2D eigenvalue weighted by atomic mass is 9.96. The number of carbonyl (C=O) groups excluding carboxylic acids is 1. The molecule has 30 heavy (non-hydrogen) atoms. The molecule has 10 heteroatoms. The van der Waals surface area contributed by atoms with E-state index in [9.17, 15) is 14.5 Å². The van der Waals surface area contributed by atoms with Crippen LogP contribution in [-0.2, 0) is 4.79 Å². The molecule has 156 valence electrons. The Morgan fingerprint density at radius 3 is 3.00 bits per heavy atom. The van der Waals surface area contributed by atoms with Gasteiger partial charge < -0.3 is 10.1 Å². The summed E-state index contributed by atoms with van der Waals surface area (Å²) in [6.07, 6.45) is 12.4. The highest BCUT2D eigenvalue weighted by Gasteiger charge is 2.29. The molecule has 1 aliphatic carbocycles. The number of halogens is 1. The summed E-state index contributed by atoms with van der Waals surface area (Å²) in [6, 6.07) is 2.29. The number of nitrogens with one attached hydrogen (secondary N) is 1. The van der Waals surface area contributed by atoms with E-state index in [1.807, 2.05) is 10.9 Å². The standard InChI is InChI=1S/C20H22FN7OS/c21-28-10-7-15-18(24-13-25-20(15)30-28)16-12-27(26-19(16)23-9-3-11-29)17(6-8-22)14-4-1-2-5-14/h7,10-14,17H,1-6,9H2,(H,23,26). The van der Waals surface area contributed by atoms with Gasteiger partial charge in [0, 0.05) is 42.9 Å². The number of nitrogens with zero attached hydrogens (tertiary/aromatic N) is 6. The molecule has 1 saturated carbocycles. The van der Waals surface area contributed by atoms with Crippen LogP contribution in [-0.4, -0.2) is 37.1 Å². The van der Waals surface area contributed by atoms with Crippen molar-refractivity contribution in [3.05, 3.63) is 24.3 Å². The molecule has 0 bridgehead atoms. The van der Waals surface area contributed by atoms with Crippen LogP contribution < -0.4 is 5.32 Å². The highest BCUT2D eigenvalue weighted by Crippen LogP contribution is 2.40. The van der Waals surface area contributed by atoms with Crippen LogP contribution >= 0.6 is 11.9 Å². The fraction of sp³-hybridized carbons (Fsp3) is 0.450. The van der Waals surface area contributed by atoms with Gasteiger partial charge in [-0.05, 0) is 24.8 Å². The zero-order valence-corrected chi connectivity index (χ0v) is 17.2. The maximum Gasteiger partial charge on any atom is 0.157 e. The minimum atomic E-state index is -0.0122. The second kappa shape index (κ2) is 9.26. The Morgan fingerprint density at radius 2 is 2.23 bits per heavy atom. The lowest BCUT2D eigenvalue weighted by Crippen LogP contribution is -2.18. The molecule has 2 aromatic rings. The molecular weight excluding hydrogens is 405 g/mol. The fourth-order valence-corrected chi connectivity index (χ4v) is 4.73. The largest absolute Gasteiger partial charge is 0.368 e. The van der Waals surface area contributed by atoms with Crippen LogP contribution in [0.3, 0.4) is 0 Å². The third-order valence-electron chi connectivity index (χ3n) is 5.51. The maximum absolute atomic E-state index is 13.6. The van der Waals surface area contributed by atoms with Gasteiger partial charge in [-0.2, -0.15) is 14.9 Å². The molecule has 2 aliphatic rings. The number of nitriles is 1. The lowest BCUT2D eigenvalue weighted by molar-refractivity contribution is -0.107. The Kier molecular flexibility index (Phi) is 6.28. The summed E-state index contributed by atoms with van der Waals surface area (Å²) in [5.41, 5.74) is 2.10. The van der Waals surface area contributed by atoms with Gasteiger partial charge in [0.25, 0.3) is 0 Å². The number of hydrogen-bond donors (Lipinski definition) is 1. The van der Waals surface area contributed by atoms with Crippen molar-refractivity contribution in [3.8, 4) is 17.3 Å². The summed E-state index contributed by atoms with van der Waals surface area (Å²) in [7, 11) is 0. The first kappa shape index (κ1) is 20.3. The van der Waals surface area contributed by atoms with Gasteiger partial charge in [-0.3, -0.25) is 4.68 Å². The molecule has 1 atom stereocenters. The normalized spacial score (nSPS) is 16.9. The maximum atomic E-state index is 13.6. The topological polar surface area (TPSA) is 99.7 Å². The molecule has 4 rings (SSSR count). The van der Waals surface area contributed by atoms with Crippen molar-refractivity contribution >= 4 is 30.1 Å². The van der Waals surface area contributed by atoms with E-state index in [0.717, 1.165) is 36.6 Å². The molecule has 0 amide bonds. The van der Waals surface area contributed by atoms with Gasteiger partial charge in [0.15, 0.2) is 5.82 Å². The number of anilines is 1. The first-order chi connectivity index (χ1) is 14.7. The van der Waals surface area contributed by atoms with E-state index in [2.05, 4.69) is 21.4 Å². The molecule has 1 fully saturated rings. The van der Waals surface area contributed by atoms with Crippen molar-refractivity contribution in [1.82, 2.24) is 24.3 Å². The number of aldehydes is 1. The average molecular weight is 428 g/mol. The van der Waals surface area contributed by atoms with Gasteiger partial charge in [0.05, 0.1) is 29.8 Å². The van der Waals surface area contributed by atoms with Crippen molar-refractivity contribution < 1.29 is 9.28 Å². The summed E-state index contributed by atoms with van der Waals surface area (Å²) in [5.74, 6) is 1.01. The highest BCUT2D eigenvalue weighted by atomic mass is 32.2. The number of carbonyl (C=O) groups is 1. The molecular formula is C20H22FN7OS. The van der Waals surface area contributed by atoms with Crippen LogP contribution in [0.25, 0.3) is 17.3 Å². The second-order valence-electron chi connectivity index (χ2n) is 7.35. The fourth-order valence-electron chi connectivity index (χ4n) is 4.09. The predicted octanol–water partition coefficient (Wildman–Crippen LogP) is 4.16. The van der Waals surface area contributed by atoms with Crippen LogP contribution in [0.2, 0.25) is 0 Å². The van der Waals surface area contributed by atoms with Crippen molar-refractivity contribution in [3.63, 3.8) is 0 Å². The molecule has 2 aromatic heterocycles.